The first-order chi connectivity index (χ1) is 11.1. The molecule has 2 heterocycles. The summed E-state index contributed by atoms with van der Waals surface area (Å²) in [6.45, 7) is 14.2. The molecular formula is C20H25N3. The Morgan fingerprint density at radius 1 is 1.43 bits per heavy atom. The molecule has 1 aromatic heterocycles. The van der Waals surface area contributed by atoms with Gasteiger partial charge >= 0.3 is 0 Å². The lowest BCUT2D eigenvalue weighted by Crippen LogP contribution is -2.12. The van der Waals surface area contributed by atoms with E-state index in [1.54, 1.807) is 0 Å². The molecule has 1 aliphatic heterocycles. The number of allylic oxidation sites excluding steroid dienone is 5. The zero-order valence-electron chi connectivity index (χ0n) is 14.1. The Kier molecular flexibility index (Phi) is 4.12. The average molecular weight is 307 g/mol. The molecule has 3 nitrogen and oxygen atoms in total. The lowest BCUT2D eigenvalue weighted by Gasteiger charge is -2.20. The molecule has 0 radical (unpaired) electrons. The molecule has 3 rings (SSSR count). The van der Waals surface area contributed by atoms with Gasteiger partial charge in [0.05, 0.1) is 0 Å². The Bertz CT molecular complexity index is 769. The average Bonchev–Trinajstić information content (AvgIpc) is 2.88. The first-order valence-electron chi connectivity index (χ1n) is 8.15. The number of aliphatic imine (C=N–C) groups is 2. The highest BCUT2D eigenvalue weighted by Gasteiger charge is 2.29. The SMILES string of the molecule is C=CC1=C(N=C)CCC=C1c1cnc2c(c1)C(C(C)C)C(C)=N2.[HH]. The van der Waals surface area contributed by atoms with Crippen molar-refractivity contribution in [3.8, 4) is 0 Å². The summed E-state index contributed by atoms with van der Waals surface area (Å²) >= 11 is 0. The topological polar surface area (TPSA) is 37.6 Å². The van der Waals surface area contributed by atoms with Gasteiger partial charge < -0.3 is 0 Å². The Balaban J connectivity index is 0.00000208. The van der Waals surface area contributed by atoms with Crippen LogP contribution in [-0.4, -0.2) is 17.4 Å². The van der Waals surface area contributed by atoms with E-state index in [1.807, 2.05) is 12.3 Å². The molecule has 0 spiro atoms. The van der Waals surface area contributed by atoms with Gasteiger partial charge in [0.2, 0.25) is 0 Å². The maximum absolute atomic E-state index is 4.64. The second-order valence-corrected chi connectivity index (χ2v) is 6.49. The van der Waals surface area contributed by atoms with Crippen LogP contribution in [0.2, 0.25) is 0 Å². The van der Waals surface area contributed by atoms with Gasteiger partial charge in [-0.1, -0.05) is 32.6 Å². The van der Waals surface area contributed by atoms with Gasteiger partial charge in [-0.25, -0.2) is 9.98 Å². The van der Waals surface area contributed by atoms with Crippen molar-refractivity contribution >= 4 is 23.8 Å². The molecule has 0 saturated heterocycles. The van der Waals surface area contributed by atoms with Crippen LogP contribution < -0.4 is 0 Å². The summed E-state index contributed by atoms with van der Waals surface area (Å²) in [6.07, 6.45) is 7.94. The van der Waals surface area contributed by atoms with E-state index in [0.29, 0.717) is 11.8 Å². The minimum atomic E-state index is 0. The fraction of sp³-hybridized carbons (Fsp3) is 0.350. The Hall–Kier alpha value is -2.29. The lowest BCUT2D eigenvalue weighted by molar-refractivity contribution is 0.608. The van der Waals surface area contributed by atoms with Gasteiger partial charge in [0.25, 0.3) is 0 Å². The molecule has 1 aromatic rings. The van der Waals surface area contributed by atoms with E-state index in [2.05, 4.69) is 61.2 Å². The highest BCUT2D eigenvalue weighted by molar-refractivity contribution is 5.96. The van der Waals surface area contributed by atoms with E-state index >= 15 is 0 Å². The second kappa shape index (κ2) is 6.07. The maximum Gasteiger partial charge on any atom is 0.155 e. The Morgan fingerprint density at radius 2 is 2.22 bits per heavy atom. The predicted molar refractivity (Wildman–Crippen MR) is 101 cm³/mol. The molecule has 0 fully saturated rings. The first-order valence-corrected chi connectivity index (χ1v) is 8.15. The van der Waals surface area contributed by atoms with E-state index in [1.165, 1.54) is 5.56 Å². The van der Waals surface area contributed by atoms with Gasteiger partial charge in [0.1, 0.15) is 0 Å². The zero-order valence-corrected chi connectivity index (χ0v) is 14.1. The Morgan fingerprint density at radius 3 is 2.87 bits per heavy atom. The summed E-state index contributed by atoms with van der Waals surface area (Å²) in [5.74, 6) is 1.74. The van der Waals surface area contributed by atoms with Crippen molar-refractivity contribution in [2.24, 2.45) is 15.9 Å². The van der Waals surface area contributed by atoms with Crippen molar-refractivity contribution in [2.45, 2.75) is 39.5 Å². The van der Waals surface area contributed by atoms with Gasteiger partial charge in [-0.15, -0.1) is 0 Å². The standard InChI is InChI=1S/C20H23N3.H2/c1-6-15-16(8-7-9-18(15)21-5)14-10-17-19(12(2)3)13(4)23-20(17)22-11-14;/h6,8,10-12,19H,1,5,7,9H2,2-4H3;1H. The number of pyridine rings is 1. The van der Waals surface area contributed by atoms with Crippen LogP contribution in [0.15, 0.2) is 52.2 Å². The molecule has 1 unspecified atom stereocenters. The van der Waals surface area contributed by atoms with Crippen molar-refractivity contribution < 1.29 is 1.43 Å². The number of hydrogen-bond donors (Lipinski definition) is 0. The number of fused-ring (bicyclic) bond motifs is 1. The van der Waals surface area contributed by atoms with Gasteiger partial charge in [-0.05, 0) is 44.0 Å². The van der Waals surface area contributed by atoms with Gasteiger partial charge in [0.15, 0.2) is 5.82 Å². The number of aromatic nitrogens is 1. The molecule has 1 atom stereocenters. The van der Waals surface area contributed by atoms with Crippen LogP contribution in [0.1, 0.15) is 52.1 Å². The van der Waals surface area contributed by atoms with Crippen molar-refractivity contribution in [3.63, 3.8) is 0 Å². The summed E-state index contributed by atoms with van der Waals surface area (Å²) < 4.78 is 0. The van der Waals surface area contributed by atoms with Crippen LogP contribution in [0.3, 0.4) is 0 Å². The fourth-order valence-corrected chi connectivity index (χ4v) is 3.67. The summed E-state index contributed by atoms with van der Waals surface area (Å²) in [5, 5.41) is 0. The summed E-state index contributed by atoms with van der Waals surface area (Å²) in [4.78, 5) is 13.4. The van der Waals surface area contributed by atoms with Crippen LogP contribution in [0.4, 0.5) is 5.82 Å². The monoisotopic (exact) mass is 307 g/mol. The molecular weight excluding hydrogens is 282 g/mol. The van der Waals surface area contributed by atoms with E-state index in [-0.39, 0.29) is 1.43 Å². The number of rotatable bonds is 4. The molecule has 0 bridgehead atoms. The van der Waals surface area contributed by atoms with Crippen LogP contribution in [0, 0.1) is 5.92 Å². The molecule has 23 heavy (non-hydrogen) atoms. The van der Waals surface area contributed by atoms with Crippen LogP contribution >= 0.6 is 0 Å². The van der Waals surface area contributed by atoms with Crippen LogP contribution in [-0.2, 0) is 0 Å². The molecule has 2 aliphatic rings. The first kappa shape index (κ1) is 15.6. The normalized spacial score (nSPS) is 20.3. The lowest BCUT2D eigenvalue weighted by atomic mass is 9.84. The highest BCUT2D eigenvalue weighted by atomic mass is 14.9. The molecule has 120 valence electrons. The molecule has 0 aromatic carbocycles. The van der Waals surface area contributed by atoms with Crippen molar-refractivity contribution in [1.29, 1.82) is 0 Å². The number of nitrogens with zero attached hydrogens (tertiary/aromatic N) is 3. The third-order valence-corrected chi connectivity index (χ3v) is 4.67. The minimum absolute atomic E-state index is 0. The van der Waals surface area contributed by atoms with Gasteiger partial charge in [-0.2, -0.15) is 0 Å². The third-order valence-electron chi connectivity index (χ3n) is 4.67. The molecule has 0 amide bonds. The van der Waals surface area contributed by atoms with Crippen molar-refractivity contribution in [1.82, 2.24) is 4.98 Å². The number of hydrogen-bond acceptors (Lipinski definition) is 3. The maximum atomic E-state index is 4.64. The van der Waals surface area contributed by atoms with E-state index in [0.717, 1.165) is 46.8 Å². The zero-order chi connectivity index (χ0) is 16.6. The highest BCUT2D eigenvalue weighted by Crippen LogP contribution is 2.41. The van der Waals surface area contributed by atoms with Crippen molar-refractivity contribution in [2.75, 3.05) is 0 Å². The van der Waals surface area contributed by atoms with E-state index < -0.39 is 0 Å². The quantitative estimate of drug-likeness (QED) is 0.678. The Labute approximate surface area is 139 Å². The van der Waals surface area contributed by atoms with Crippen molar-refractivity contribution in [3.05, 3.63) is 53.4 Å². The largest absolute Gasteiger partial charge is 0.268 e. The van der Waals surface area contributed by atoms with Gasteiger partial charge in [-0.3, -0.25) is 4.99 Å². The summed E-state index contributed by atoms with van der Waals surface area (Å²) in [7, 11) is 0. The fourth-order valence-electron chi connectivity index (χ4n) is 3.67. The molecule has 1 aliphatic carbocycles. The molecule has 3 heteroatoms. The summed E-state index contributed by atoms with van der Waals surface area (Å²) in [5.41, 5.74) is 6.77. The second-order valence-electron chi connectivity index (χ2n) is 6.49. The summed E-state index contributed by atoms with van der Waals surface area (Å²) in [6, 6.07) is 2.24. The molecule has 0 N–H and O–H groups in total. The smallest absolute Gasteiger partial charge is 0.155 e. The molecule has 0 saturated carbocycles. The third kappa shape index (κ3) is 2.61. The van der Waals surface area contributed by atoms with Gasteiger partial charge in [0, 0.05) is 41.7 Å². The van der Waals surface area contributed by atoms with E-state index in [9.17, 15) is 0 Å². The van der Waals surface area contributed by atoms with Crippen LogP contribution in [0.5, 0.6) is 0 Å². The predicted octanol–water partition coefficient (Wildman–Crippen LogP) is 5.49. The van der Waals surface area contributed by atoms with Crippen LogP contribution in [0.25, 0.3) is 5.57 Å². The van der Waals surface area contributed by atoms with E-state index in [4.69, 9.17) is 0 Å². The minimum Gasteiger partial charge on any atom is -0.268 e.